The molecule has 3 rings (SSSR count). The molecule has 3 fully saturated rings. The minimum Gasteiger partial charge on any atom is -0.378 e. The van der Waals surface area contributed by atoms with E-state index in [1.54, 1.807) is 0 Å². The van der Waals surface area contributed by atoms with Crippen LogP contribution in [0.25, 0.3) is 0 Å². The van der Waals surface area contributed by atoms with Gasteiger partial charge in [0.1, 0.15) is 0 Å². The average molecular weight is 284 g/mol. The molecule has 3 atom stereocenters. The summed E-state index contributed by atoms with van der Waals surface area (Å²) >= 11 is 0. The Morgan fingerprint density at radius 1 is 1.35 bits per heavy atom. The first-order chi connectivity index (χ1) is 9.71. The molecule has 0 aromatic rings. The van der Waals surface area contributed by atoms with Gasteiger partial charge in [0, 0.05) is 32.8 Å². The molecule has 0 aromatic carbocycles. The van der Waals surface area contributed by atoms with E-state index in [0.717, 1.165) is 45.5 Å². The van der Waals surface area contributed by atoms with Gasteiger partial charge >= 0.3 is 0 Å². The van der Waals surface area contributed by atoms with Crippen molar-refractivity contribution < 1.29 is 14.2 Å². The third-order valence-electron chi connectivity index (χ3n) is 5.67. The number of hydrogen-bond acceptors (Lipinski definition) is 5. The third kappa shape index (κ3) is 2.74. The Hall–Kier alpha value is -0.200. The van der Waals surface area contributed by atoms with Gasteiger partial charge in [0.05, 0.1) is 17.8 Å². The Balaban J connectivity index is 1.63. The van der Waals surface area contributed by atoms with Gasteiger partial charge in [0.15, 0.2) is 0 Å². The highest BCUT2D eigenvalue weighted by Crippen LogP contribution is 2.43. The molecule has 1 aliphatic carbocycles. The maximum absolute atomic E-state index is 6.02. The summed E-state index contributed by atoms with van der Waals surface area (Å²) in [6, 6.07) is 0.316. The van der Waals surface area contributed by atoms with E-state index in [1.165, 1.54) is 19.3 Å². The van der Waals surface area contributed by atoms with Gasteiger partial charge in [-0.15, -0.1) is 0 Å². The van der Waals surface area contributed by atoms with E-state index in [0.29, 0.717) is 12.0 Å². The number of nitrogens with one attached hydrogen (secondary N) is 1. The first-order valence-electron chi connectivity index (χ1n) is 7.94. The van der Waals surface area contributed by atoms with E-state index in [2.05, 4.69) is 5.43 Å². The molecule has 3 N–H and O–H groups in total. The molecule has 3 unspecified atom stereocenters. The number of nitrogens with two attached hydrogens (primary N) is 1. The second-order valence-electron chi connectivity index (χ2n) is 6.80. The van der Waals surface area contributed by atoms with Gasteiger partial charge in [-0.1, -0.05) is 0 Å². The Bertz CT molecular complexity index is 320. The topological polar surface area (TPSA) is 65.7 Å². The Kier molecular flexibility index (Phi) is 4.34. The molecule has 0 radical (unpaired) electrons. The van der Waals surface area contributed by atoms with Crippen LogP contribution >= 0.6 is 0 Å². The summed E-state index contributed by atoms with van der Waals surface area (Å²) in [5.74, 6) is 6.41. The van der Waals surface area contributed by atoms with E-state index in [4.69, 9.17) is 20.1 Å². The molecule has 1 spiro atoms. The first kappa shape index (κ1) is 14.7. The molecule has 0 amide bonds. The van der Waals surface area contributed by atoms with Crippen LogP contribution in [-0.4, -0.2) is 44.2 Å². The lowest BCUT2D eigenvalue weighted by Crippen LogP contribution is -2.53. The van der Waals surface area contributed by atoms with Crippen molar-refractivity contribution in [2.24, 2.45) is 11.8 Å². The van der Waals surface area contributed by atoms with Crippen LogP contribution in [0, 0.1) is 5.92 Å². The van der Waals surface area contributed by atoms with Crippen LogP contribution in [0.2, 0.25) is 0 Å². The van der Waals surface area contributed by atoms with Crippen LogP contribution < -0.4 is 11.3 Å². The summed E-state index contributed by atoms with van der Waals surface area (Å²) in [5.41, 5.74) is 3.08. The molecule has 2 heterocycles. The molecule has 2 saturated heterocycles. The van der Waals surface area contributed by atoms with E-state index >= 15 is 0 Å². The number of rotatable bonds is 5. The molecule has 5 heteroatoms. The van der Waals surface area contributed by atoms with Gasteiger partial charge in [-0.05, 0) is 44.4 Å². The van der Waals surface area contributed by atoms with E-state index in [9.17, 15) is 0 Å². The van der Waals surface area contributed by atoms with Gasteiger partial charge in [-0.3, -0.25) is 11.3 Å². The average Bonchev–Trinajstić information content (AvgIpc) is 2.86. The summed E-state index contributed by atoms with van der Waals surface area (Å²) in [5, 5.41) is 0. The van der Waals surface area contributed by atoms with E-state index in [1.807, 2.05) is 7.11 Å². The molecule has 5 nitrogen and oxygen atoms in total. The Morgan fingerprint density at radius 3 is 2.75 bits per heavy atom. The van der Waals surface area contributed by atoms with Gasteiger partial charge in [-0.2, -0.15) is 0 Å². The second-order valence-corrected chi connectivity index (χ2v) is 6.80. The zero-order valence-corrected chi connectivity index (χ0v) is 12.5. The normalized spacial score (nSPS) is 37.8. The molecule has 2 aliphatic heterocycles. The predicted octanol–water partition coefficient (Wildman–Crippen LogP) is 1.36. The number of hydrogen-bond donors (Lipinski definition) is 2. The van der Waals surface area contributed by atoms with Crippen LogP contribution in [0.15, 0.2) is 0 Å². The summed E-state index contributed by atoms with van der Waals surface area (Å²) in [6.07, 6.45) is 7.78. The number of methoxy groups -OCH3 is 1. The SMILES string of the molecule is COC1(CC(NN)C2CCOC3(CCOC3)C2)CCC1. The largest absolute Gasteiger partial charge is 0.378 e. The van der Waals surface area contributed by atoms with Crippen LogP contribution in [0.1, 0.15) is 44.9 Å². The van der Waals surface area contributed by atoms with Crippen molar-refractivity contribution in [1.82, 2.24) is 5.43 Å². The second kappa shape index (κ2) is 5.89. The number of ether oxygens (including phenoxy) is 3. The standard InChI is InChI=1S/C15H28N2O3/c1-18-14(4-2-5-14)10-13(17-16)12-3-7-20-15(9-12)6-8-19-11-15/h12-13,17H,2-11,16H2,1H3. The third-order valence-corrected chi connectivity index (χ3v) is 5.67. The Labute approximate surface area is 121 Å². The molecule has 20 heavy (non-hydrogen) atoms. The van der Waals surface area contributed by atoms with Gasteiger partial charge in [0.2, 0.25) is 0 Å². The fraction of sp³-hybridized carbons (Fsp3) is 1.00. The van der Waals surface area contributed by atoms with Crippen LogP contribution in [0.4, 0.5) is 0 Å². The van der Waals surface area contributed by atoms with Crippen molar-refractivity contribution in [2.45, 2.75) is 62.2 Å². The summed E-state index contributed by atoms with van der Waals surface area (Å²) in [7, 11) is 1.84. The molecule has 0 aromatic heterocycles. The molecule has 116 valence electrons. The van der Waals surface area contributed by atoms with Crippen molar-refractivity contribution in [3.05, 3.63) is 0 Å². The highest BCUT2D eigenvalue weighted by Gasteiger charge is 2.46. The van der Waals surface area contributed by atoms with Crippen molar-refractivity contribution >= 4 is 0 Å². The van der Waals surface area contributed by atoms with Crippen LogP contribution in [0.5, 0.6) is 0 Å². The summed E-state index contributed by atoms with van der Waals surface area (Å²) < 4.78 is 17.3. The summed E-state index contributed by atoms with van der Waals surface area (Å²) in [4.78, 5) is 0. The fourth-order valence-electron chi connectivity index (χ4n) is 4.10. The molecule has 3 aliphatic rings. The zero-order valence-electron chi connectivity index (χ0n) is 12.5. The monoisotopic (exact) mass is 284 g/mol. The molecular weight excluding hydrogens is 256 g/mol. The van der Waals surface area contributed by atoms with Crippen molar-refractivity contribution in [3.8, 4) is 0 Å². The van der Waals surface area contributed by atoms with Crippen molar-refractivity contribution in [2.75, 3.05) is 26.9 Å². The van der Waals surface area contributed by atoms with Gasteiger partial charge in [-0.25, -0.2) is 0 Å². The predicted molar refractivity (Wildman–Crippen MR) is 76.2 cm³/mol. The number of hydrazine groups is 1. The minimum absolute atomic E-state index is 0.0438. The van der Waals surface area contributed by atoms with Crippen molar-refractivity contribution in [3.63, 3.8) is 0 Å². The zero-order chi connectivity index (χ0) is 14.1. The maximum atomic E-state index is 6.02. The molecular formula is C15H28N2O3. The quantitative estimate of drug-likeness (QED) is 0.589. The lowest BCUT2D eigenvalue weighted by Gasteiger charge is -2.46. The lowest BCUT2D eigenvalue weighted by molar-refractivity contribution is -0.118. The smallest absolute Gasteiger partial charge is 0.0939 e. The first-order valence-corrected chi connectivity index (χ1v) is 7.94. The Morgan fingerprint density at radius 2 is 2.20 bits per heavy atom. The molecule has 1 saturated carbocycles. The van der Waals surface area contributed by atoms with Gasteiger partial charge < -0.3 is 14.2 Å². The highest BCUT2D eigenvalue weighted by atomic mass is 16.6. The highest BCUT2D eigenvalue weighted by molar-refractivity contribution is 4.98. The van der Waals surface area contributed by atoms with Crippen LogP contribution in [0.3, 0.4) is 0 Å². The fourth-order valence-corrected chi connectivity index (χ4v) is 4.10. The summed E-state index contributed by atoms with van der Waals surface area (Å²) in [6.45, 7) is 2.40. The van der Waals surface area contributed by atoms with Crippen molar-refractivity contribution in [1.29, 1.82) is 0 Å². The minimum atomic E-state index is -0.0438. The van der Waals surface area contributed by atoms with E-state index in [-0.39, 0.29) is 11.2 Å². The van der Waals surface area contributed by atoms with E-state index < -0.39 is 0 Å². The van der Waals surface area contributed by atoms with Gasteiger partial charge in [0.25, 0.3) is 0 Å². The molecule has 0 bridgehead atoms. The van der Waals surface area contributed by atoms with Crippen LogP contribution in [-0.2, 0) is 14.2 Å². The lowest BCUT2D eigenvalue weighted by atomic mass is 9.71. The maximum Gasteiger partial charge on any atom is 0.0939 e.